The lowest BCUT2D eigenvalue weighted by atomic mass is 10.0. The zero-order chi connectivity index (χ0) is 18.2. The van der Waals surface area contributed by atoms with Crippen molar-refractivity contribution in [2.45, 2.75) is 25.6 Å². The number of halogens is 3. The first kappa shape index (κ1) is 17.7. The number of anilines is 1. The second kappa shape index (κ2) is 6.30. The summed E-state index contributed by atoms with van der Waals surface area (Å²) in [7, 11) is 0. The fourth-order valence-electron chi connectivity index (χ4n) is 2.78. The van der Waals surface area contributed by atoms with Crippen molar-refractivity contribution in [3.8, 4) is 0 Å². The van der Waals surface area contributed by atoms with Gasteiger partial charge in [-0.3, -0.25) is 9.69 Å². The summed E-state index contributed by atoms with van der Waals surface area (Å²) in [6, 6.07) is 4.42. The highest BCUT2D eigenvalue weighted by molar-refractivity contribution is 5.94. The third-order valence-electron chi connectivity index (χ3n) is 4.19. The summed E-state index contributed by atoms with van der Waals surface area (Å²) in [5.74, 6) is -1.29. The summed E-state index contributed by atoms with van der Waals surface area (Å²) in [4.78, 5) is 20.0. The van der Waals surface area contributed by atoms with E-state index in [1.807, 2.05) is 18.7 Å². The topological polar surface area (TPSA) is 70.2 Å². The second-order valence-electron chi connectivity index (χ2n) is 6.65. The van der Waals surface area contributed by atoms with Gasteiger partial charge < -0.3 is 15.0 Å². The molecule has 136 valence electrons. The van der Waals surface area contributed by atoms with Crippen molar-refractivity contribution in [3.63, 3.8) is 0 Å². The molecule has 1 fully saturated rings. The number of ether oxygens (including phenoxy) is 1. The number of fused-ring (bicyclic) bond motifs is 1. The number of carbonyl (C=O) groups is 1. The van der Waals surface area contributed by atoms with Gasteiger partial charge >= 0.3 is 6.18 Å². The van der Waals surface area contributed by atoms with Crippen LogP contribution < -0.4 is 5.32 Å². The van der Waals surface area contributed by atoms with Gasteiger partial charge in [-0.15, -0.1) is 0 Å². The number of nitrogens with one attached hydrogen (secondary N) is 2. The summed E-state index contributed by atoms with van der Waals surface area (Å²) < 4.78 is 43.5. The minimum absolute atomic E-state index is 0.186. The third-order valence-corrected chi connectivity index (χ3v) is 4.19. The van der Waals surface area contributed by atoms with Crippen LogP contribution >= 0.6 is 0 Å². The van der Waals surface area contributed by atoms with E-state index in [4.69, 9.17) is 4.74 Å². The summed E-state index contributed by atoms with van der Waals surface area (Å²) in [6.45, 7) is 5.93. The van der Waals surface area contributed by atoms with Crippen LogP contribution in [0.5, 0.6) is 0 Å². The maximum Gasteiger partial charge on any atom is 0.449 e. The van der Waals surface area contributed by atoms with Gasteiger partial charge in [0.1, 0.15) is 0 Å². The van der Waals surface area contributed by atoms with Gasteiger partial charge in [0.05, 0.1) is 30.8 Å². The van der Waals surface area contributed by atoms with Crippen molar-refractivity contribution in [1.29, 1.82) is 0 Å². The lowest BCUT2D eigenvalue weighted by Crippen LogP contribution is -2.55. The molecule has 1 amide bonds. The van der Waals surface area contributed by atoms with Crippen LogP contribution in [0.25, 0.3) is 11.0 Å². The number of hydrogen-bond donors (Lipinski definition) is 2. The number of rotatable bonds is 3. The Labute approximate surface area is 142 Å². The summed E-state index contributed by atoms with van der Waals surface area (Å²) >= 11 is 0. The number of imidazole rings is 1. The predicted molar refractivity (Wildman–Crippen MR) is 86.2 cm³/mol. The van der Waals surface area contributed by atoms with Gasteiger partial charge in [0.25, 0.3) is 0 Å². The molecule has 9 heteroatoms. The van der Waals surface area contributed by atoms with Gasteiger partial charge in [0.2, 0.25) is 11.7 Å². The number of benzene rings is 1. The number of carbonyl (C=O) groups excluding carboxylic acids is 1. The number of nitrogens with zero attached hydrogens (tertiary/aromatic N) is 2. The van der Waals surface area contributed by atoms with Gasteiger partial charge in [-0.05, 0) is 32.0 Å². The van der Waals surface area contributed by atoms with Crippen LogP contribution in [-0.4, -0.2) is 52.6 Å². The largest absolute Gasteiger partial charge is 0.449 e. The molecule has 0 aliphatic carbocycles. The summed E-state index contributed by atoms with van der Waals surface area (Å²) in [5, 5.41) is 2.72. The molecular weight excluding hydrogens is 337 g/mol. The van der Waals surface area contributed by atoms with Crippen LogP contribution in [0.1, 0.15) is 19.7 Å². The number of hydrogen-bond acceptors (Lipinski definition) is 4. The van der Waals surface area contributed by atoms with Gasteiger partial charge in [-0.1, -0.05) is 0 Å². The molecule has 3 rings (SSSR count). The van der Waals surface area contributed by atoms with E-state index in [0.717, 1.165) is 0 Å². The third kappa shape index (κ3) is 3.93. The molecule has 1 saturated heterocycles. The first-order chi connectivity index (χ1) is 11.6. The first-order valence-electron chi connectivity index (χ1n) is 7.85. The zero-order valence-electron chi connectivity index (χ0n) is 13.9. The lowest BCUT2D eigenvalue weighted by Gasteiger charge is -2.41. The SMILES string of the molecule is CC1(C)COCCN1CC(=O)Nc1ccc2nc(C(F)(F)F)[nH]c2c1. The number of alkyl halides is 3. The summed E-state index contributed by atoms with van der Waals surface area (Å²) in [5.41, 5.74) is 0.585. The highest BCUT2D eigenvalue weighted by atomic mass is 19.4. The molecule has 1 aromatic carbocycles. The molecule has 0 bridgehead atoms. The minimum atomic E-state index is -4.54. The molecule has 1 aliphatic heterocycles. The van der Waals surface area contributed by atoms with Crippen LogP contribution in [0.4, 0.5) is 18.9 Å². The molecule has 2 N–H and O–H groups in total. The van der Waals surface area contributed by atoms with E-state index in [1.54, 1.807) is 0 Å². The van der Waals surface area contributed by atoms with Crippen LogP contribution in [0.2, 0.25) is 0 Å². The molecule has 0 spiro atoms. The highest BCUT2D eigenvalue weighted by Crippen LogP contribution is 2.29. The van der Waals surface area contributed by atoms with Crippen LogP contribution in [0.15, 0.2) is 18.2 Å². The van der Waals surface area contributed by atoms with Crippen LogP contribution in [0.3, 0.4) is 0 Å². The lowest BCUT2D eigenvalue weighted by molar-refractivity contribution is -0.144. The van der Waals surface area contributed by atoms with Gasteiger partial charge in [0, 0.05) is 17.8 Å². The minimum Gasteiger partial charge on any atom is -0.378 e. The Morgan fingerprint density at radius 3 is 2.88 bits per heavy atom. The van der Waals surface area contributed by atoms with Gasteiger partial charge in [0.15, 0.2) is 0 Å². The van der Waals surface area contributed by atoms with E-state index >= 15 is 0 Å². The smallest absolute Gasteiger partial charge is 0.378 e. The van der Waals surface area contributed by atoms with Gasteiger partial charge in [-0.2, -0.15) is 13.2 Å². The van der Waals surface area contributed by atoms with Crippen molar-refractivity contribution in [1.82, 2.24) is 14.9 Å². The molecule has 6 nitrogen and oxygen atoms in total. The Balaban J connectivity index is 1.71. The predicted octanol–water partition coefficient (Wildman–Crippen LogP) is 2.63. The van der Waals surface area contributed by atoms with E-state index in [9.17, 15) is 18.0 Å². The molecule has 0 atom stereocenters. The normalized spacial score (nSPS) is 18.4. The Morgan fingerprint density at radius 2 is 2.20 bits per heavy atom. The number of H-pyrrole nitrogens is 1. The molecule has 1 aliphatic rings. The number of aromatic nitrogens is 2. The summed E-state index contributed by atoms with van der Waals surface area (Å²) in [6.07, 6.45) is -4.54. The van der Waals surface area contributed by atoms with E-state index in [2.05, 4.69) is 15.3 Å². The van der Waals surface area contributed by atoms with E-state index < -0.39 is 12.0 Å². The van der Waals surface area contributed by atoms with Crippen molar-refractivity contribution >= 4 is 22.6 Å². The van der Waals surface area contributed by atoms with Crippen molar-refractivity contribution in [3.05, 3.63) is 24.0 Å². The maximum absolute atomic E-state index is 12.7. The zero-order valence-corrected chi connectivity index (χ0v) is 13.9. The van der Waals surface area contributed by atoms with E-state index in [-0.39, 0.29) is 29.0 Å². The Hall–Kier alpha value is -2.13. The maximum atomic E-state index is 12.7. The van der Waals surface area contributed by atoms with Crippen LogP contribution in [0, 0.1) is 0 Å². The van der Waals surface area contributed by atoms with Crippen molar-refractivity contribution < 1.29 is 22.7 Å². The molecule has 1 aromatic heterocycles. The fraction of sp³-hybridized carbons (Fsp3) is 0.500. The van der Waals surface area contributed by atoms with E-state index in [1.165, 1.54) is 18.2 Å². The standard InChI is InChI=1S/C16H19F3N4O2/c1-15(2)9-25-6-5-23(15)8-13(24)20-10-3-4-11-12(7-10)22-14(21-11)16(17,18)19/h3-4,7H,5-6,8-9H2,1-2H3,(H,20,24)(H,21,22). The van der Waals surface area contributed by atoms with Crippen molar-refractivity contribution in [2.75, 3.05) is 31.6 Å². The monoisotopic (exact) mass is 356 g/mol. The number of aromatic amines is 1. The fourth-order valence-corrected chi connectivity index (χ4v) is 2.78. The van der Waals surface area contributed by atoms with Crippen LogP contribution in [-0.2, 0) is 15.7 Å². The average Bonchev–Trinajstić information content (AvgIpc) is 2.93. The Morgan fingerprint density at radius 1 is 1.44 bits per heavy atom. The average molecular weight is 356 g/mol. The number of morpholine rings is 1. The Kier molecular flexibility index (Phi) is 4.46. The highest BCUT2D eigenvalue weighted by Gasteiger charge is 2.35. The molecule has 0 saturated carbocycles. The molecule has 25 heavy (non-hydrogen) atoms. The number of amides is 1. The molecule has 0 unspecified atom stereocenters. The Bertz CT molecular complexity index is 785. The second-order valence-corrected chi connectivity index (χ2v) is 6.65. The molecular formula is C16H19F3N4O2. The van der Waals surface area contributed by atoms with Crippen molar-refractivity contribution in [2.24, 2.45) is 0 Å². The first-order valence-corrected chi connectivity index (χ1v) is 7.85. The molecule has 2 aromatic rings. The quantitative estimate of drug-likeness (QED) is 0.887. The van der Waals surface area contributed by atoms with Gasteiger partial charge in [-0.25, -0.2) is 4.98 Å². The molecule has 2 heterocycles. The molecule has 0 radical (unpaired) electrons. The van der Waals surface area contributed by atoms with E-state index in [0.29, 0.717) is 25.4 Å².